The van der Waals surface area contributed by atoms with Gasteiger partial charge in [0.15, 0.2) is 0 Å². The largest absolute Gasteiger partial charge is 0.309 e. The van der Waals surface area contributed by atoms with Gasteiger partial charge in [0.1, 0.15) is 0 Å². The summed E-state index contributed by atoms with van der Waals surface area (Å²) in [6.07, 6.45) is 0. The fraction of sp³-hybridized carbons (Fsp3) is 0.0571. The average molecular weight is 919 g/mol. The van der Waals surface area contributed by atoms with Crippen LogP contribution in [0.25, 0.3) is 72.0 Å². The average Bonchev–Trinajstić information content (AvgIpc) is 3.94. The molecule has 0 saturated heterocycles. The van der Waals surface area contributed by atoms with Gasteiger partial charge in [-0.15, -0.1) is 0 Å². The molecule has 1 spiro atoms. The van der Waals surface area contributed by atoms with Gasteiger partial charge in [-0.2, -0.15) is 0 Å². The molecule has 2 heteroatoms. The maximum absolute atomic E-state index is 2.57. The molecule has 0 atom stereocenters. The summed E-state index contributed by atoms with van der Waals surface area (Å²) in [5.74, 6) is 0. The van der Waals surface area contributed by atoms with Crippen molar-refractivity contribution >= 4 is 38.9 Å². The van der Waals surface area contributed by atoms with Gasteiger partial charge < -0.3 is 9.47 Å². The van der Waals surface area contributed by atoms with Crippen LogP contribution in [0.1, 0.15) is 47.2 Å². The van der Waals surface area contributed by atoms with E-state index in [-0.39, 0.29) is 5.41 Å². The Morgan fingerprint density at radius 1 is 0.319 bits per heavy atom. The quantitative estimate of drug-likeness (QED) is 0.155. The van der Waals surface area contributed by atoms with Gasteiger partial charge in [0.25, 0.3) is 0 Å². The summed E-state index contributed by atoms with van der Waals surface area (Å²) in [6.45, 7) is 4.80. The Morgan fingerprint density at radius 3 is 1.49 bits per heavy atom. The maximum atomic E-state index is 2.57. The van der Waals surface area contributed by atoms with Crippen LogP contribution >= 0.6 is 0 Å². The second-order valence-electron chi connectivity index (χ2n) is 19.9. The fourth-order valence-electron chi connectivity index (χ4n) is 12.9. The summed E-state index contributed by atoms with van der Waals surface area (Å²) in [5, 5.41) is 2.42. The summed E-state index contributed by atoms with van der Waals surface area (Å²) >= 11 is 0. The van der Waals surface area contributed by atoms with Crippen LogP contribution in [0.2, 0.25) is 0 Å². The number of benzene rings is 11. The summed E-state index contributed by atoms with van der Waals surface area (Å²) in [7, 11) is 0. The Hall–Kier alpha value is -8.98. The van der Waals surface area contributed by atoms with E-state index in [9.17, 15) is 0 Å². The van der Waals surface area contributed by atoms with Crippen LogP contribution in [-0.4, -0.2) is 4.57 Å². The summed E-state index contributed by atoms with van der Waals surface area (Å²) in [6, 6.07) is 99.2. The number of hydrogen-bond acceptors (Lipinski definition) is 1. The highest BCUT2D eigenvalue weighted by atomic mass is 15.1. The number of anilines is 3. The lowest BCUT2D eigenvalue weighted by molar-refractivity contribution is 0.563. The van der Waals surface area contributed by atoms with Crippen molar-refractivity contribution in [2.45, 2.75) is 24.7 Å². The monoisotopic (exact) mass is 918 g/mol. The zero-order chi connectivity index (χ0) is 48.0. The third-order valence-corrected chi connectivity index (χ3v) is 15.9. The second kappa shape index (κ2) is 16.3. The molecule has 0 bridgehead atoms. The van der Waals surface area contributed by atoms with E-state index in [1.54, 1.807) is 0 Å². The first-order valence-electron chi connectivity index (χ1n) is 25.2. The Labute approximate surface area is 421 Å². The van der Waals surface area contributed by atoms with E-state index in [0.29, 0.717) is 0 Å². The Bertz CT molecular complexity index is 4030. The smallest absolute Gasteiger partial charge is 0.0720 e. The topological polar surface area (TPSA) is 8.17 Å². The third-order valence-electron chi connectivity index (χ3n) is 15.9. The molecule has 2 nitrogen and oxygen atoms in total. The van der Waals surface area contributed by atoms with Crippen molar-refractivity contribution in [2.75, 3.05) is 4.90 Å². The molecule has 0 unspecified atom stereocenters. The number of nitrogens with zero attached hydrogens (tertiary/aromatic N) is 2. The van der Waals surface area contributed by atoms with Crippen LogP contribution in [0, 0.1) is 0 Å². The van der Waals surface area contributed by atoms with E-state index >= 15 is 0 Å². The highest BCUT2D eigenvalue weighted by molar-refractivity contribution is 6.11. The lowest BCUT2D eigenvalue weighted by Gasteiger charge is -2.46. The van der Waals surface area contributed by atoms with Crippen LogP contribution in [0.15, 0.2) is 267 Å². The number of para-hydroxylation sites is 3. The molecule has 2 aliphatic carbocycles. The fourth-order valence-corrected chi connectivity index (χ4v) is 12.9. The van der Waals surface area contributed by atoms with E-state index in [2.05, 4.69) is 290 Å². The normalized spacial score (nSPS) is 13.6. The number of hydrogen-bond donors (Lipinski definition) is 0. The van der Waals surface area contributed by atoms with Gasteiger partial charge in [0, 0.05) is 38.7 Å². The molecule has 72 heavy (non-hydrogen) atoms. The standard InChI is InChI=1S/C70H50N2/c1-69(2)59-36-17-19-38-61(59)70(62-39-20-18-37-60(62)69)58-35-16-13-34-56(58)68-63(70)40-23-43-67(68)72(49-44-45-66-57(46-49)55-33-15-22-42-65(55)71(66)48-26-7-4-8-27-48)64-41-21-14-32-54(64)53-31-12-11-30-52(53)51-29-10-9-28-50(51)47-24-5-3-6-25-47/h3-46H,1-2H3. The van der Waals surface area contributed by atoms with Crippen LogP contribution in [0.5, 0.6) is 0 Å². The Balaban J connectivity index is 1.08. The Morgan fingerprint density at radius 2 is 0.792 bits per heavy atom. The highest BCUT2D eigenvalue weighted by Crippen LogP contribution is 2.64. The molecule has 0 aliphatic heterocycles. The number of rotatable bonds is 7. The zero-order valence-corrected chi connectivity index (χ0v) is 40.3. The molecule has 14 rings (SSSR count). The van der Waals surface area contributed by atoms with Gasteiger partial charge in [-0.1, -0.05) is 232 Å². The molecule has 0 radical (unpaired) electrons. The first-order chi connectivity index (χ1) is 35.5. The summed E-state index contributed by atoms with van der Waals surface area (Å²) in [4.78, 5) is 2.57. The van der Waals surface area contributed by atoms with Crippen LogP contribution in [0.4, 0.5) is 17.1 Å². The van der Waals surface area contributed by atoms with Gasteiger partial charge in [-0.05, 0) is 115 Å². The molecule has 2 aliphatic rings. The molecule has 12 aromatic rings. The van der Waals surface area contributed by atoms with Gasteiger partial charge in [0.05, 0.1) is 27.8 Å². The van der Waals surface area contributed by atoms with E-state index < -0.39 is 5.41 Å². The molecule has 1 heterocycles. The number of fused-ring (bicyclic) bond motifs is 12. The van der Waals surface area contributed by atoms with Crippen molar-refractivity contribution in [1.29, 1.82) is 0 Å². The van der Waals surface area contributed by atoms with E-state index in [1.807, 2.05) is 0 Å². The minimum Gasteiger partial charge on any atom is -0.309 e. The predicted molar refractivity (Wildman–Crippen MR) is 301 cm³/mol. The summed E-state index contributed by atoms with van der Waals surface area (Å²) in [5.41, 5.74) is 23.8. The van der Waals surface area contributed by atoms with Crippen molar-refractivity contribution in [3.8, 4) is 50.2 Å². The third kappa shape index (κ3) is 6.02. The molecule has 340 valence electrons. The zero-order valence-electron chi connectivity index (χ0n) is 40.3. The van der Waals surface area contributed by atoms with Gasteiger partial charge >= 0.3 is 0 Å². The van der Waals surface area contributed by atoms with Crippen molar-refractivity contribution in [3.63, 3.8) is 0 Å². The van der Waals surface area contributed by atoms with Crippen molar-refractivity contribution in [1.82, 2.24) is 4.57 Å². The van der Waals surface area contributed by atoms with Gasteiger partial charge in [-0.25, -0.2) is 0 Å². The van der Waals surface area contributed by atoms with Crippen molar-refractivity contribution in [2.24, 2.45) is 0 Å². The van der Waals surface area contributed by atoms with Gasteiger partial charge in [-0.3, -0.25) is 0 Å². The van der Waals surface area contributed by atoms with E-state index in [0.717, 1.165) is 28.3 Å². The molecule has 0 fully saturated rings. The minimum atomic E-state index is -0.545. The maximum Gasteiger partial charge on any atom is 0.0720 e. The lowest BCUT2D eigenvalue weighted by atomic mass is 9.55. The van der Waals surface area contributed by atoms with Crippen LogP contribution in [0.3, 0.4) is 0 Å². The van der Waals surface area contributed by atoms with Crippen molar-refractivity contribution < 1.29 is 0 Å². The predicted octanol–water partition coefficient (Wildman–Crippen LogP) is 18.3. The molecule has 0 saturated carbocycles. The molecule has 11 aromatic carbocycles. The SMILES string of the molecule is CC1(C)c2ccccc2C2(c3ccccc3-c3c(N(c4ccc5c(c4)c4ccccc4n5-c4ccccc4)c4ccccc4-c4ccccc4-c4ccccc4-c4ccccc4)cccc32)c2ccccc21. The van der Waals surface area contributed by atoms with E-state index in [4.69, 9.17) is 0 Å². The first-order valence-corrected chi connectivity index (χ1v) is 25.2. The Kier molecular flexibility index (Phi) is 9.50. The van der Waals surface area contributed by atoms with Gasteiger partial charge in [0.2, 0.25) is 0 Å². The first kappa shape index (κ1) is 41.9. The van der Waals surface area contributed by atoms with Crippen LogP contribution in [-0.2, 0) is 10.8 Å². The number of aromatic nitrogens is 1. The molecule has 0 N–H and O–H groups in total. The van der Waals surface area contributed by atoms with Crippen molar-refractivity contribution in [3.05, 3.63) is 300 Å². The highest BCUT2D eigenvalue weighted by Gasteiger charge is 2.54. The molecule has 1 aromatic heterocycles. The summed E-state index contributed by atoms with van der Waals surface area (Å²) < 4.78 is 2.41. The molecular weight excluding hydrogens is 869 g/mol. The molecular formula is C70H50N2. The van der Waals surface area contributed by atoms with E-state index in [1.165, 1.54) is 94.1 Å². The molecule has 0 amide bonds. The minimum absolute atomic E-state index is 0.195. The second-order valence-corrected chi connectivity index (χ2v) is 19.9. The lowest BCUT2D eigenvalue weighted by Crippen LogP contribution is -2.40. The van der Waals surface area contributed by atoms with Crippen LogP contribution < -0.4 is 4.90 Å².